The summed E-state index contributed by atoms with van der Waals surface area (Å²) < 4.78 is 1.10. The van der Waals surface area contributed by atoms with Crippen molar-refractivity contribution < 1.29 is 19.8 Å². The average molecular weight is 358 g/mol. The Morgan fingerprint density at radius 1 is 1.20 bits per heavy atom. The molecule has 0 aliphatic carbocycles. The van der Waals surface area contributed by atoms with Gasteiger partial charge >= 0.3 is 11.9 Å². The van der Waals surface area contributed by atoms with Crippen LogP contribution in [0.3, 0.4) is 0 Å². The Labute approximate surface area is 145 Å². The van der Waals surface area contributed by atoms with Crippen LogP contribution in [0.4, 0.5) is 0 Å². The van der Waals surface area contributed by atoms with Gasteiger partial charge < -0.3 is 10.2 Å². The number of thiophene rings is 1. The minimum atomic E-state index is -1.17. The molecule has 0 spiro atoms. The zero-order valence-electron chi connectivity index (χ0n) is 13.4. The Hall–Kier alpha value is -3.00. The summed E-state index contributed by atoms with van der Waals surface area (Å²) in [7, 11) is 0. The summed E-state index contributed by atoms with van der Waals surface area (Å²) in [6.07, 6.45) is 0. The molecule has 25 heavy (non-hydrogen) atoms. The van der Waals surface area contributed by atoms with Crippen molar-refractivity contribution in [3.8, 4) is 11.4 Å². The molecule has 1 atom stereocenters. The number of benzene rings is 1. The van der Waals surface area contributed by atoms with E-state index in [0.717, 1.165) is 15.9 Å². The molecule has 8 heteroatoms. The van der Waals surface area contributed by atoms with Gasteiger partial charge in [0.15, 0.2) is 0 Å². The van der Waals surface area contributed by atoms with Crippen LogP contribution in [0.2, 0.25) is 0 Å². The van der Waals surface area contributed by atoms with E-state index in [0.29, 0.717) is 11.1 Å². The maximum Gasteiger partial charge on any atom is 0.346 e. The molecule has 0 radical (unpaired) electrons. The fourth-order valence-corrected chi connectivity index (χ4v) is 3.67. The normalized spacial score (nSPS) is 12.2. The highest BCUT2D eigenvalue weighted by Gasteiger charge is 2.26. The number of aliphatic carboxylic acids is 1. The minimum Gasteiger partial charge on any atom is -0.480 e. The molecule has 0 aliphatic rings. The molecule has 0 saturated heterocycles. The fourth-order valence-electron chi connectivity index (χ4n) is 2.66. The predicted octanol–water partition coefficient (Wildman–Crippen LogP) is 2.78. The number of hydrogen-bond donors (Lipinski definition) is 2. The third-order valence-electron chi connectivity index (χ3n) is 3.97. The molecule has 0 aliphatic heterocycles. The number of carboxylic acids is 2. The number of carbonyl (C=O) groups is 2. The van der Waals surface area contributed by atoms with Gasteiger partial charge in [-0.1, -0.05) is 30.3 Å². The number of aromatic nitrogens is 2. The Kier molecular flexibility index (Phi) is 4.13. The third-order valence-corrected chi connectivity index (χ3v) is 5.14. The van der Waals surface area contributed by atoms with Crippen LogP contribution in [0.5, 0.6) is 0 Å². The maximum atomic E-state index is 13.0. The number of rotatable bonds is 4. The van der Waals surface area contributed by atoms with Gasteiger partial charge in [0, 0.05) is 5.56 Å². The predicted molar refractivity (Wildman–Crippen MR) is 93.4 cm³/mol. The van der Waals surface area contributed by atoms with Gasteiger partial charge in [-0.25, -0.2) is 14.6 Å². The summed E-state index contributed by atoms with van der Waals surface area (Å²) in [4.78, 5) is 40.6. The van der Waals surface area contributed by atoms with Crippen molar-refractivity contribution in [2.24, 2.45) is 0 Å². The molecule has 128 valence electrons. The molecule has 0 bridgehead atoms. The standard InChI is InChI=1S/C17H14N2O5S/c1-8-11-14(25-12(8)17(23)24)18-13(10-6-4-3-5-7-10)19(15(11)20)9(2)16(21)22/h3-7,9H,1-2H3,(H,21,22)(H,23,24). The number of carboxylic acid groups (broad SMARTS) is 2. The van der Waals surface area contributed by atoms with Crippen molar-refractivity contribution in [3.05, 3.63) is 51.1 Å². The second kappa shape index (κ2) is 6.14. The lowest BCUT2D eigenvalue weighted by Gasteiger charge is -2.16. The summed E-state index contributed by atoms with van der Waals surface area (Å²) in [6, 6.07) is 7.59. The first-order valence-electron chi connectivity index (χ1n) is 7.40. The molecule has 1 unspecified atom stereocenters. The van der Waals surface area contributed by atoms with E-state index in [1.807, 2.05) is 0 Å². The van der Waals surface area contributed by atoms with Crippen molar-refractivity contribution >= 4 is 33.5 Å². The van der Waals surface area contributed by atoms with Crippen molar-refractivity contribution in [2.75, 3.05) is 0 Å². The maximum absolute atomic E-state index is 13.0. The lowest BCUT2D eigenvalue weighted by atomic mass is 10.1. The van der Waals surface area contributed by atoms with E-state index in [1.165, 1.54) is 13.8 Å². The first kappa shape index (κ1) is 16.8. The number of aryl methyl sites for hydroxylation is 1. The van der Waals surface area contributed by atoms with Crippen LogP contribution >= 0.6 is 11.3 Å². The van der Waals surface area contributed by atoms with E-state index in [9.17, 15) is 24.6 Å². The molecule has 3 rings (SSSR count). The molecule has 2 aromatic heterocycles. The largest absolute Gasteiger partial charge is 0.480 e. The fraction of sp³-hybridized carbons (Fsp3) is 0.176. The molecule has 1 aromatic carbocycles. The van der Waals surface area contributed by atoms with E-state index < -0.39 is 23.5 Å². The number of nitrogens with zero attached hydrogens (tertiary/aromatic N) is 2. The van der Waals surface area contributed by atoms with Gasteiger partial charge in [0.25, 0.3) is 5.56 Å². The lowest BCUT2D eigenvalue weighted by Crippen LogP contribution is -2.30. The average Bonchev–Trinajstić information content (AvgIpc) is 2.92. The van der Waals surface area contributed by atoms with Crippen LogP contribution in [0.15, 0.2) is 35.1 Å². The molecule has 0 amide bonds. The topological polar surface area (TPSA) is 109 Å². The van der Waals surface area contributed by atoms with E-state index in [-0.39, 0.29) is 20.9 Å². The van der Waals surface area contributed by atoms with Crippen molar-refractivity contribution in [1.29, 1.82) is 0 Å². The summed E-state index contributed by atoms with van der Waals surface area (Å²) in [6.45, 7) is 2.92. The molecular formula is C17H14N2O5S. The van der Waals surface area contributed by atoms with Crippen LogP contribution in [0.25, 0.3) is 21.6 Å². The van der Waals surface area contributed by atoms with Crippen molar-refractivity contribution in [3.63, 3.8) is 0 Å². The van der Waals surface area contributed by atoms with Crippen LogP contribution in [-0.4, -0.2) is 31.7 Å². The monoisotopic (exact) mass is 358 g/mol. The molecule has 3 aromatic rings. The minimum absolute atomic E-state index is 0.0272. The Bertz CT molecular complexity index is 1050. The number of fused-ring (bicyclic) bond motifs is 1. The summed E-state index contributed by atoms with van der Waals surface area (Å²) in [5.41, 5.74) is 0.327. The molecule has 0 fully saturated rings. The van der Waals surface area contributed by atoms with Gasteiger partial charge in [0.1, 0.15) is 21.6 Å². The molecular weight excluding hydrogens is 344 g/mol. The van der Waals surface area contributed by atoms with E-state index >= 15 is 0 Å². The van der Waals surface area contributed by atoms with Crippen molar-refractivity contribution in [2.45, 2.75) is 19.9 Å². The Morgan fingerprint density at radius 3 is 2.40 bits per heavy atom. The van der Waals surface area contributed by atoms with Gasteiger partial charge in [-0.2, -0.15) is 0 Å². The zero-order chi connectivity index (χ0) is 18.3. The number of aromatic carboxylic acids is 1. The smallest absolute Gasteiger partial charge is 0.346 e. The van der Waals surface area contributed by atoms with E-state index in [2.05, 4.69) is 4.98 Å². The summed E-state index contributed by atoms with van der Waals surface area (Å²) in [5, 5.41) is 18.8. The highest BCUT2D eigenvalue weighted by molar-refractivity contribution is 7.20. The quantitative estimate of drug-likeness (QED) is 0.742. The van der Waals surface area contributed by atoms with Crippen LogP contribution < -0.4 is 5.56 Å². The van der Waals surface area contributed by atoms with Crippen LogP contribution in [-0.2, 0) is 4.79 Å². The van der Waals surface area contributed by atoms with Gasteiger partial charge in [-0.15, -0.1) is 11.3 Å². The first-order chi connectivity index (χ1) is 11.8. The first-order valence-corrected chi connectivity index (χ1v) is 8.21. The zero-order valence-corrected chi connectivity index (χ0v) is 14.2. The van der Waals surface area contributed by atoms with Gasteiger partial charge in [0.2, 0.25) is 0 Å². The SMILES string of the molecule is Cc1c(C(=O)O)sc2nc(-c3ccccc3)n(C(C)C(=O)O)c(=O)c12. The highest BCUT2D eigenvalue weighted by Crippen LogP contribution is 2.30. The number of hydrogen-bond acceptors (Lipinski definition) is 5. The molecule has 7 nitrogen and oxygen atoms in total. The molecule has 2 heterocycles. The highest BCUT2D eigenvalue weighted by atomic mass is 32.1. The molecule has 2 N–H and O–H groups in total. The lowest BCUT2D eigenvalue weighted by molar-refractivity contribution is -0.140. The summed E-state index contributed by atoms with van der Waals surface area (Å²) >= 11 is 0.912. The second-order valence-corrected chi connectivity index (χ2v) is 6.53. The summed E-state index contributed by atoms with van der Waals surface area (Å²) in [5.74, 6) is -2.11. The Morgan fingerprint density at radius 2 is 1.84 bits per heavy atom. The Balaban J connectivity index is 2.45. The van der Waals surface area contributed by atoms with E-state index in [4.69, 9.17) is 0 Å². The van der Waals surface area contributed by atoms with E-state index in [1.54, 1.807) is 30.3 Å². The van der Waals surface area contributed by atoms with Crippen molar-refractivity contribution in [1.82, 2.24) is 9.55 Å². The van der Waals surface area contributed by atoms with Crippen LogP contribution in [0.1, 0.15) is 28.2 Å². The van der Waals surface area contributed by atoms with Gasteiger partial charge in [0.05, 0.1) is 5.39 Å². The van der Waals surface area contributed by atoms with Crippen LogP contribution in [0, 0.1) is 6.92 Å². The second-order valence-electron chi connectivity index (χ2n) is 5.53. The van der Waals surface area contributed by atoms with Gasteiger partial charge in [-0.3, -0.25) is 9.36 Å². The molecule has 0 saturated carbocycles. The van der Waals surface area contributed by atoms with Gasteiger partial charge in [-0.05, 0) is 19.4 Å². The third kappa shape index (κ3) is 2.70.